The Kier molecular flexibility index (Phi) is 4.41. The summed E-state index contributed by atoms with van der Waals surface area (Å²) < 4.78 is 3.88. The molecule has 0 atom stereocenters. The maximum atomic E-state index is 12.3. The van der Waals surface area contributed by atoms with Crippen LogP contribution in [0.4, 0.5) is 0 Å². The van der Waals surface area contributed by atoms with Gasteiger partial charge in [0, 0.05) is 24.0 Å². The number of halogens is 1. The van der Waals surface area contributed by atoms with Crippen LogP contribution in [0.5, 0.6) is 0 Å². The molecule has 1 amide bonds. The number of hydrogen-bond donors (Lipinski definition) is 1. The molecule has 2 aromatic heterocycles. The van der Waals surface area contributed by atoms with E-state index < -0.39 is 0 Å². The number of carbonyl (C=O) groups is 1. The zero-order valence-corrected chi connectivity index (χ0v) is 12.9. The summed E-state index contributed by atoms with van der Waals surface area (Å²) in [5.41, 5.74) is 2.16. The summed E-state index contributed by atoms with van der Waals surface area (Å²) in [5.74, 6) is -0.254. The highest BCUT2D eigenvalue weighted by molar-refractivity contribution is 7.09. The second-order valence-corrected chi connectivity index (χ2v) is 5.69. The zero-order valence-electron chi connectivity index (χ0n) is 11.4. The molecule has 0 fully saturated rings. The Balaban J connectivity index is 1.76. The lowest BCUT2D eigenvalue weighted by Gasteiger charge is -2.04. The van der Waals surface area contributed by atoms with Gasteiger partial charge in [-0.05, 0) is 46.9 Å². The van der Waals surface area contributed by atoms with Crippen molar-refractivity contribution in [3.05, 3.63) is 65.1 Å². The monoisotopic (exact) mass is 330 g/mol. The molecule has 0 unspecified atom stereocenters. The summed E-state index contributed by atoms with van der Waals surface area (Å²) in [4.78, 5) is 17.0. The van der Waals surface area contributed by atoms with E-state index in [1.165, 1.54) is 11.5 Å². The second-order valence-electron chi connectivity index (χ2n) is 4.50. The SMILES string of the molecule is O=C(NCc1ccncc1)c1nnsc1-c1ccc(Cl)cc1. The topological polar surface area (TPSA) is 67.8 Å². The van der Waals surface area contributed by atoms with Crippen molar-refractivity contribution in [2.75, 3.05) is 0 Å². The van der Waals surface area contributed by atoms with Gasteiger partial charge in [0.15, 0.2) is 5.69 Å². The summed E-state index contributed by atoms with van der Waals surface area (Å²) in [7, 11) is 0. The van der Waals surface area contributed by atoms with E-state index in [0.717, 1.165) is 16.0 Å². The van der Waals surface area contributed by atoms with Crippen molar-refractivity contribution in [3.63, 3.8) is 0 Å². The molecule has 0 radical (unpaired) electrons. The molecule has 22 heavy (non-hydrogen) atoms. The normalized spacial score (nSPS) is 10.4. The molecule has 0 spiro atoms. The van der Waals surface area contributed by atoms with E-state index in [4.69, 9.17) is 11.6 Å². The molecular weight excluding hydrogens is 320 g/mol. The molecule has 2 heterocycles. The van der Waals surface area contributed by atoms with Crippen LogP contribution < -0.4 is 5.32 Å². The van der Waals surface area contributed by atoms with Gasteiger partial charge in [-0.2, -0.15) is 0 Å². The van der Waals surface area contributed by atoms with E-state index in [9.17, 15) is 4.79 Å². The van der Waals surface area contributed by atoms with Gasteiger partial charge in [0.25, 0.3) is 5.91 Å². The van der Waals surface area contributed by atoms with Crippen molar-refractivity contribution in [2.24, 2.45) is 0 Å². The number of nitrogens with zero attached hydrogens (tertiary/aromatic N) is 3. The number of hydrogen-bond acceptors (Lipinski definition) is 5. The number of nitrogens with one attached hydrogen (secondary N) is 1. The van der Waals surface area contributed by atoms with Crippen LogP contribution in [-0.4, -0.2) is 20.5 Å². The first-order valence-electron chi connectivity index (χ1n) is 6.49. The maximum Gasteiger partial charge on any atom is 0.273 e. The molecular formula is C15H11ClN4OS. The maximum absolute atomic E-state index is 12.3. The first-order valence-corrected chi connectivity index (χ1v) is 7.64. The highest BCUT2D eigenvalue weighted by atomic mass is 35.5. The van der Waals surface area contributed by atoms with Crippen molar-refractivity contribution < 1.29 is 4.79 Å². The van der Waals surface area contributed by atoms with Gasteiger partial charge in [-0.15, -0.1) is 5.10 Å². The summed E-state index contributed by atoms with van der Waals surface area (Å²) in [6, 6.07) is 10.9. The summed E-state index contributed by atoms with van der Waals surface area (Å²) in [6.45, 7) is 0.416. The summed E-state index contributed by atoms with van der Waals surface area (Å²) in [6.07, 6.45) is 3.37. The zero-order chi connectivity index (χ0) is 15.4. The number of carbonyl (C=O) groups excluding carboxylic acids is 1. The van der Waals surface area contributed by atoms with E-state index in [1.807, 2.05) is 24.3 Å². The molecule has 0 aliphatic carbocycles. The van der Waals surface area contributed by atoms with Gasteiger partial charge in [-0.1, -0.05) is 28.2 Å². The van der Waals surface area contributed by atoms with E-state index in [0.29, 0.717) is 17.3 Å². The molecule has 3 rings (SSSR count). The predicted molar refractivity (Wildman–Crippen MR) is 85.8 cm³/mol. The Bertz CT molecular complexity index is 774. The predicted octanol–water partition coefficient (Wildman–Crippen LogP) is 3.18. The fourth-order valence-corrected chi connectivity index (χ4v) is 2.69. The van der Waals surface area contributed by atoms with Crippen molar-refractivity contribution in [1.82, 2.24) is 19.9 Å². The number of aromatic nitrogens is 3. The summed E-state index contributed by atoms with van der Waals surface area (Å²) >= 11 is 7.06. The third kappa shape index (κ3) is 3.29. The molecule has 3 aromatic rings. The Morgan fingerprint density at radius 1 is 1.14 bits per heavy atom. The Morgan fingerprint density at radius 2 is 1.86 bits per heavy atom. The lowest BCUT2D eigenvalue weighted by Crippen LogP contribution is -2.23. The average molecular weight is 331 g/mol. The fourth-order valence-electron chi connectivity index (χ4n) is 1.90. The third-order valence-corrected chi connectivity index (χ3v) is 4.04. The molecule has 0 bridgehead atoms. The molecule has 110 valence electrons. The average Bonchev–Trinajstić information content (AvgIpc) is 3.04. The first-order chi connectivity index (χ1) is 10.7. The van der Waals surface area contributed by atoms with E-state index in [1.54, 1.807) is 24.5 Å². The quantitative estimate of drug-likeness (QED) is 0.797. The van der Waals surface area contributed by atoms with Crippen molar-refractivity contribution in [2.45, 2.75) is 6.54 Å². The molecule has 1 aromatic carbocycles. The smallest absolute Gasteiger partial charge is 0.273 e. The van der Waals surface area contributed by atoms with Crippen molar-refractivity contribution >= 4 is 29.0 Å². The number of amides is 1. The highest BCUT2D eigenvalue weighted by Gasteiger charge is 2.17. The van der Waals surface area contributed by atoms with Crippen LogP contribution in [0.1, 0.15) is 16.1 Å². The molecule has 0 saturated carbocycles. The molecule has 7 heteroatoms. The minimum absolute atomic E-state index is 0.254. The van der Waals surface area contributed by atoms with Crippen LogP contribution in [0.3, 0.4) is 0 Å². The van der Waals surface area contributed by atoms with Crippen LogP contribution >= 0.6 is 23.1 Å². The second kappa shape index (κ2) is 6.64. The van der Waals surface area contributed by atoms with Gasteiger partial charge < -0.3 is 5.32 Å². The minimum atomic E-state index is -0.254. The molecule has 0 saturated heterocycles. The lowest BCUT2D eigenvalue weighted by molar-refractivity contribution is 0.0946. The highest BCUT2D eigenvalue weighted by Crippen LogP contribution is 2.27. The van der Waals surface area contributed by atoms with Gasteiger partial charge in [-0.25, -0.2) is 0 Å². The summed E-state index contributed by atoms with van der Waals surface area (Å²) in [5, 5.41) is 7.42. The Labute approximate surface area is 136 Å². The van der Waals surface area contributed by atoms with Gasteiger partial charge >= 0.3 is 0 Å². The third-order valence-electron chi connectivity index (χ3n) is 3.01. The molecule has 0 aliphatic rings. The van der Waals surface area contributed by atoms with Gasteiger partial charge in [0.2, 0.25) is 0 Å². The Hall–Kier alpha value is -2.31. The van der Waals surface area contributed by atoms with Gasteiger partial charge in [0.1, 0.15) is 0 Å². The van der Waals surface area contributed by atoms with Gasteiger partial charge in [0.05, 0.1) is 4.88 Å². The first kappa shape index (κ1) is 14.6. The van der Waals surface area contributed by atoms with E-state index in [-0.39, 0.29) is 5.91 Å². The largest absolute Gasteiger partial charge is 0.347 e. The van der Waals surface area contributed by atoms with Crippen LogP contribution in [0.25, 0.3) is 10.4 Å². The van der Waals surface area contributed by atoms with Crippen LogP contribution in [0, 0.1) is 0 Å². The van der Waals surface area contributed by atoms with E-state index in [2.05, 4.69) is 19.9 Å². The molecule has 5 nitrogen and oxygen atoms in total. The number of rotatable bonds is 4. The standard InChI is InChI=1S/C15H11ClN4OS/c16-12-3-1-11(2-4-12)14-13(19-20-22-14)15(21)18-9-10-5-7-17-8-6-10/h1-8H,9H2,(H,18,21). The van der Waals surface area contributed by atoms with E-state index >= 15 is 0 Å². The van der Waals surface area contributed by atoms with Crippen LogP contribution in [0.15, 0.2) is 48.8 Å². The fraction of sp³-hybridized carbons (Fsp3) is 0.0667. The van der Waals surface area contributed by atoms with Crippen LogP contribution in [-0.2, 0) is 6.54 Å². The lowest BCUT2D eigenvalue weighted by atomic mass is 10.1. The van der Waals surface area contributed by atoms with Gasteiger partial charge in [-0.3, -0.25) is 9.78 Å². The van der Waals surface area contributed by atoms with Crippen LogP contribution in [0.2, 0.25) is 5.02 Å². The minimum Gasteiger partial charge on any atom is -0.347 e. The molecule has 1 N–H and O–H groups in total. The van der Waals surface area contributed by atoms with Crippen molar-refractivity contribution in [3.8, 4) is 10.4 Å². The number of benzene rings is 1. The van der Waals surface area contributed by atoms with Crippen molar-refractivity contribution in [1.29, 1.82) is 0 Å². The number of pyridine rings is 1. The Morgan fingerprint density at radius 3 is 2.59 bits per heavy atom. The molecule has 0 aliphatic heterocycles.